The molecule has 2 saturated carbocycles. The first-order valence-corrected chi connectivity index (χ1v) is 13.3. The summed E-state index contributed by atoms with van der Waals surface area (Å²) in [6, 6.07) is 8.32. The van der Waals surface area contributed by atoms with Crippen molar-refractivity contribution in [3.05, 3.63) is 48.6 Å². The van der Waals surface area contributed by atoms with E-state index in [1.165, 1.54) is 77.0 Å². The maximum Gasteiger partial charge on any atom is 0.119 e. The van der Waals surface area contributed by atoms with Crippen LogP contribution in [0.5, 0.6) is 5.75 Å². The van der Waals surface area contributed by atoms with Gasteiger partial charge in [-0.15, -0.1) is 0 Å². The number of benzene rings is 1. The fourth-order valence-corrected chi connectivity index (χ4v) is 6.69. The molecule has 1 nitrogen and oxygen atoms in total. The second-order valence-corrected chi connectivity index (χ2v) is 10.7. The molecule has 0 spiro atoms. The highest BCUT2D eigenvalue weighted by Gasteiger charge is 2.33. The molecule has 1 heteroatoms. The normalized spacial score (nSPS) is 33.7. The predicted molar refractivity (Wildman–Crippen MR) is 133 cm³/mol. The fraction of sp³-hybridized carbons (Fsp3) is 0.667. The van der Waals surface area contributed by atoms with Gasteiger partial charge in [0, 0.05) is 0 Å². The van der Waals surface area contributed by atoms with Gasteiger partial charge in [0.2, 0.25) is 0 Å². The maximum atomic E-state index is 6.09. The van der Waals surface area contributed by atoms with Crippen molar-refractivity contribution in [2.45, 2.75) is 84.0 Å². The highest BCUT2D eigenvalue weighted by atomic mass is 16.5. The van der Waals surface area contributed by atoms with Gasteiger partial charge in [-0.25, -0.2) is 0 Å². The summed E-state index contributed by atoms with van der Waals surface area (Å²) < 4.78 is 6.09. The SMILES string of the molecule is C=Cc1ccc(OCC2CCC(C3CCC(C4C=CC(CCC)CC4)CC3)CC2)cc1. The molecule has 0 bridgehead atoms. The van der Waals surface area contributed by atoms with Gasteiger partial charge in [-0.05, 0) is 124 Å². The lowest BCUT2D eigenvalue weighted by Crippen LogP contribution is -2.29. The first-order chi connectivity index (χ1) is 15.2. The van der Waals surface area contributed by atoms with Crippen LogP contribution in [0.25, 0.3) is 6.08 Å². The van der Waals surface area contributed by atoms with E-state index in [-0.39, 0.29) is 0 Å². The second kappa shape index (κ2) is 11.4. The zero-order valence-corrected chi connectivity index (χ0v) is 19.8. The number of ether oxygens (including phenoxy) is 1. The smallest absolute Gasteiger partial charge is 0.119 e. The van der Waals surface area contributed by atoms with Crippen LogP contribution in [0.15, 0.2) is 43.0 Å². The molecular formula is C30H44O. The van der Waals surface area contributed by atoms with Crippen molar-refractivity contribution < 1.29 is 4.74 Å². The van der Waals surface area contributed by atoms with Gasteiger partial charge in [-0.3, -0.25) is 0 Å². The van der Waals surface area contributed by atoms with Crippen LogP contribution in [0, 0.1) is 35.5 Å². The Bertz CT molecular complexity index is 686. The maximum absolute atomic E-state index is 6.09. The molecule has 3 aliphatic rings. The second-order valence-electron chi connectivity index (χ2n) is 10.7. The standard InChI is InChI=1S/C30H44O/c1-3-5-24-6-12-26(13-7-24)28-16-18-29(19-17-28)27-14-8-25(9-15-27)22-31-30-20-10-23(4-2)11-21-30/h4,6,10-12,20-21,24-29H,2-3,5,7-9,13-19,22H2,1H3. The van der Waals surface area contributed by atoms with Crippen LogP contribution < -0.4 is 4.74 Å². The largest absolute Gasteiger partial charge is 0.493 e. The molecule has 1 aromatic carbocycles. The molecule has 0 aromatic heterocycles. The van der Waals surface area contributed by atoms with Crippen LogP contribution >= 0.6 is 0 Å². The Kier molecular flexibility index (Phi) is 8.34. The van der Waals surface area contributed by atoms with Crippen LogP contribution in [0.1, 0.15) is 89.5 Å². The van der Waals surface area contributed by atoms with Crippen LogP contribution in [0.4, 0.5) is 0 Å². The van der Waals surface area contributed by atoms with E-state index in [1.54, 1.807) is 0 Å². The molecule has 3 aliphatic carbocycles. The summed E-state index contributed by atoms with van der Waals surface area (Å²) in [5, 5.41) is 0. The quantitative estimate of drug-likeness (QED) is 0.382. The van der Waals surface area contributed by atoms with Crippen LogP contribution in [-0.2, 0) is 0 Å². The summed E-state index contributed by atoms with van der Waals surface area (Å²) in [4.78, 5) is 0. The number of hydrogen-bond acceptors (Lipinski definition) is 1. The van der Waals surface area contributed by atoms with Crippen LogP contribution in [0.2, 0.25) is 0 Å². The van der Waals surface area contributed by atoms with E-state index in [9.17, 15) is 0 Å². The lowest BCUT2D eigenvalue weighted by molar-refractivity contribution is 0.113. The molecule has 170 valence electrons. The van der Waals surface area contributed by atoms with E-state index >= 15 is 0 Å². The van der Waals surface area contributed by atoms with Crippen molar-refractivity contribution in [3.8, 4) is 5.75 Å². The molecule has 1 aromatic rings. The van der Waals surface area contributed by atoms with E-state index in [2.05, 4.69) is 49.9 Å². The van der Waals surface area contributed by atoms with Gasteiger partial charge in [-0.1, -0.05) is 50.3 Å². The molecule has 0 radical (unpaired) electrons. The molecule has 2 atom stereocenters. The molecular weight excluding hydrogens is 376 g/mol. The van der Waals surface area contributed by atoms with Gasteiger partial charge >= 0.3 is 0 Å². The highest BCUT2D eigenvalue weighted by molar-refractivity contribution is 5.48. The third-order valence-corrected chi connectivity index (χ3v) is 8.74. The van der Waals surface area contributed by atoms with Crippen LogP contribution in [0.3, 0.4) is 0 Å². The molecule has 0 amide bonds. The van der Waals surface area contributed by atoms with Crippen molar-refractivity contribution in [1.82, 2.24) is 0 Å². The molecule has 31 heavy (non-hydrogen) atoms. The fourth-order valence-electron chi connectivity index (χ4n) is 6.69. The van der Waals surface area contributed by atoms with Gasteiger partial charge in [0.1, 0.15) is 5.75 Å². The van der Waals surface area contributed by atoms with Gasteiger partial charge < -0.3 is 4.74 Å². The highest BCUT2D eigenvalue weighted by Crippen LogP contribution is 2.44. The predicted octanol–water partition coefficient (Wildman–Crippen LogP) is 8.70. The molecule has 2 fully saturated rings. The van der Waals surface area contributed by atoms with Crippen molar-refractivity contribution in [1.29, 1.82) is 0 Å². The first-order valence-electron chi connectivity index (χ1n) is 13.3. The Balaban J connectivity index is 1.15. The Morgan fingerprint density at radius 2 is 1.45 bits per heavy atom. The number of rotatable bonds is 8. The molecule has 0 N–H and O–H groups in total. The lowest BCUT2D eigenvalue weighted by Gasteiger charge is -2.40. The summed E-state index contributed by atoms with van der Waals surface area (Å²) in [5.41, 5.74) is 1.16. The van der Waals surface area contributed by atoms with Crippen molar-refractivity contribution in [2.24, 2.45) is 35.5 Å². The van der Waals surface area contributed by atoms with Crippen molar-refractivity contribution in [3.63, 3.8) is 0 Å². The van der Waals surface area contributed by atoms with E-state index in [0.717, 1.165) is 53.4 Å². The average molecular weight is 421 g/mol. The first kappa shape index (κ1) is 22.7. The van der Waals surface area contributed by atoms with E-state index in [4.69, 9.17) is 4.74 Å². The molecule has 0 heterocycles. The van der Waals surface area contributed by atoms with Crippen LogP contribution in [-0.4, -0.2) is 6.61 Å². The number of hydrogen-bond donors (Lipinski definition) is 0. The Labute approximate surface area is 191 Å². The summed E-state index contributed by atoms with van der Waals surface area (Å²) >= 11 is 0. The summed E-state index contributed by atoms with van der Waals surface area (Å²) in [6.07, 6.45) is 24.2. The van der Waals surface area contributed by atoms with E-state index in [1.807, 2.05) is 6.08 Å². The lowest BCUT2D eigenvalue weighted by atomic mass is 9.66. The minimum absolute atomic E-state index is 0.745. The Morgan fingerprint density at radius 1 is 0.806 bits per heavy atom. The minimum Gasteiger partial charge on any atom is -0.493 e. The average Bonchev–Trinajstić information content (AvgIpc) is 2.84. The monoisotopic (exact) mass is 420 g/mol. The van der Waals surface area contributed by atoms with Gasteiger partial charge in [0.15, 0.2) is 0 Å². The van der Waals surface area contributed by atoms with E-state index < -0.39 is 0 Å². The minimum atomic E-state index is 0.745. The molecule has 0 saturated heterocycles. The Hall–Kier alpha value is -1.50. The van der Waals surface area contributed by atoms with Gasteiger partial charge in [0.05, 0.1) is 6.61 Å². The van der Waals surface area contributed by atoms with E-state index in [0.29, 0.717) is 0 Å². The topological polar surface area (TPSA) is 9.23 Å². The zero-order valence-electron chi connectivity index (χ0n) is 19.8. The van der Waals surface area contributed by atoms with Crippen molar-refractivity contribution in [2.75, 3.05) is 6.61 Å². The van der Waals surface area contributed by atoms with Gasteiger partial charge in [-0.2, -0.15) is 0 Å². The summed E-state index contributed by atoms with van der Waals surface area (Å²) in [6.45, 7) is 7.03. The molecule has 2 unspecified atom stereocenters. The Morgan fingerprint density at radius 3 is 2.03 bits per heavy atom. The van der Waals surface area contributed by atoms with Crippen molar-refractivity contribution >= 4 is 6.08 Å². The molecule has 4 rings (SSSR count). The number of allylic oxidation sites excluding steroid dienone is 2. The van der Waals surface area contributed by atoms with Gasteiger partial charge in [0.25, 0.3) is 0 Å². The zero-order chi connectivity index (χ0) is 21.5. The third kappa shape index (κ3) is 6.27. The summed E-state index contributed by atoms with van der Waals surface area (Å²) in [7, 11) is 0. The third-order valence-electron chi connectivity index (χ3n) is 8.74. The summed E-state index contributed by atoms with van der Waals surface area (Å²) in [5.74, 6) is 6.49. The molecule has 0 aliphatic heterocycles.